The second-order valence-electron chi connectivity index (χ2n) is 6.78. The maximum atomic E-state index is 13.1. The number of rotatable bonds is 5. The standard InChI is InChI=1S/C22H25F2N3O/c1-14(18-6-8-20(24)9-7-18)5-10-21(25)17(4)26-22(28)27-12-15(2)19(13-27)11-16(3)23/h5-11H,4,12-13,25H2,1-3H3,(H,26,28)/b14-5+,16-11+,21-10+. The Morgan fingerprint density at radius 2 is 1.86 bits per heavy atom. The van der Waals surface area contributed by atoms with Gasteiger partial charge in [-0.25, -0.2) is 13.6 Å². The Kier molecular flexibility index (Phi) is 6.93. The molecular weight excluding hydrogens is 360 g/mol. The number of urea groups is 1. The van der Waals surface area contributed by atoms with Crippen LogP contribution in [0.15, 0.2) is 77.4 Å². The molecule has 0 fully saturated rings. The fourth-order valence-electron chi connectivity index (χ4n) is 2.74. The SMILES string of the molecule is C=C(NC(=O)N1CC(C)=C(/C=C(\C)F)C1)/C(N)=C\C=C(/C)c1ccc(F)cc1. The predicted molar refractivity (Wildman–Crippen MR) is 109 cm³/mol. The summed E-state index contributed by atoms with van der Waals surface area (Å²) in [6, 6.07) is 5.78. The van der Waals surface area contributed by atoms with Crippen LogP contribution in [0.4, 0.5) is 13.6 Å². The number of nitrogens with one attached hydrogen (secondary N) is 1. The van der Waals surface area contributed by atoms with Crippen LogP contribution in [-0.2, 0) is 0 Å². The Bertz CT molecular complexity index is 889. The minimum Gasteiger partial charge on any atom is -0.397 e. The molecule has 0 saturated carbocycles. The van der Waals surface area contributed by atoms with E-state index in [1.807, 2.05) is 13.8 Å². The van der Waals surface area contributed by atoms with E-state index in [0.717, 1.165) is 22.3 Å². The number of halogens is 2. The smallest absolute Gasteiger partial charge is 0.322 e. The average Bonchev–Trinajstić information content (AvgIpc) is 3.00. The number of amides is 2. The van der Waals surface area contributed by atoms with E-state index in [4.69, 9.17) is 5.73 Å². The highest BCUT2D eigenvalue weighted by Gasteiger charge is 2.23. The van der Waals surface area contributed by atoms with Crippen molar-refractivity contribution in [1.29, 1.82) is 0 Å². The van der Waals surface area contributed by atoms with E-state index in [-0.39, 0.29) is 23.4 Å². The third-order valence-corrected chi connectivity index (χ3v) is 4.42. The summed E-state index contributed by atoms with van der Waals surface area (Å²) >= 11 is 0. The van der Waals surface area contributed by atoms with Crippen molar-refractivity contribution in [1.82, 2.24) is 10.2 Å². The van der Waals surface area contributed by atoms with Crippen LogP contribution >= 0.6 is 0 Å². The van der Waals surface area contributed by atoms with Crippen LogP contribution < -0.4 is 11.1 Å². The van der Waals surface area contributed by atoms with Gasteiger partial charge in [0, 0.05) is 13.1 Å². The third-order valence-electron chi connectivity index (χ3n) is 4.42. The van der Waals surface area contributed by atoms with Gasteiger partial charge in [0.1, 0.15) is 5.82 Å². The summed E-state index contributed by atoms with van der Waals surface area (Å²) in [6.07, 6.45) is 4.85. The van der Waals surface area contributed by atoms with Gasteiger partial charge in [0.2, 0.25) is 0 Å². The summed E-state index contributed by atoms with van der Waals surface area (Å²) in [5.41, 5.74) is 10.1. The topological polar surface area (TPSA) is 58.4 Å². The molecule has 0 unspecified atom stereocenters. The van der Waals surface area contributed by atoms with Gasteiger partial charge >= 0.3 is 6.03 Å². The van der Waals surface area contributed by atoms with Crippen LogP contribution in [0.1, 0.15) is 26.3 Å². The minimum atomic E-state index is -0.347. The molecule has 4 nitrogen and oxygen atoms in total. The number of carbonyl (C=O) groups is 1. The summed E-state index contributed by atoms with van der Waals surface area (Å²) in [7, 11) is 0. The Balaban J connectivity index is 1.97. The van der Waals surface area contributed by atoms with Gasteiger partial charge in [-0.05, 0) is 67.3 Å². The quantitative estimate of drug-likeness (QED) is 0.715. The largest absolute Gasteiger partial charge is 0.397 e. The average molecular weight is 385 g/mol. The molecule has 0 aliphatic carbocycles. The molecule has 148 valence electrons. The number of hydrogen-bond donors (Lipinski definition) is 2. The number of allylic oxidation sites excluding steroid dienone is 4. The number of benzene rings is 1. The highest BCUT2D eigenvalue weighted by atomic mass is 19.1. The molecular formula is C22H25F2N3O. The number of nitrogens with zero attached hydrogens (tertiary/aromatic N) is 1. The Labute approximate surface area is 164 Å². The molecule has 1 heterocycles. The highest BCUT2D eigenvalue weighted by Crippen LogP contribution is 2.20. The molecule has 28 heavy (non-hydrogen) atoms. The van der Waals surface area contributed by atoms with E-state index in [1.54, 1.807) is 29.2 Å². The van der Waals surface area contributed by atoms with Crippen LogP contribution in [0, 0.1) is 5.82 Å². The third kappa shape index (κ3) is 5.67. The first-order valence-electron chi connectivity index (χ1n) is 8.85. The van der Waals surface area contributed by atoms with E-state index >= 15 is 0 Å². The summed E-state index contributed by atoms with van der Waals surface area (Å²) in [5.74, 6) is -0.592. The van der Waals surface area contributed by atoms with E-state index in [1.165, 1.54) is 25.1 Å². The molecule has 3 N–H and O–H groups in total. The second-order valence-corrected chi connectivity index (χ2v) is 6.78. The lowest BCUT2D eigenvalue weighted by Gasteiger charge is -2.18. The van der Waals surface area contributed by atoms with Gasteiger partial charge in [-0.1, -0.05) is 24.8 Å². The van der Waals surface area contributed by atoms with Crippen LogP contribution in [0.5, 0.6) is 0 Å². The van der Waals surface area contributed by atoms with Gasteiger partial charge in [0.15, 0.2) is 0 Å². The van der Waals surface area contributed by atoms with Crippen LogP contribution in [0.25, 0.3) is 5.57 Å². The van der Waals surface area contributed by atoms with Gasteiger partial charge in [-0.3, -0.25) is 0 Å². The van der Waals surface area contributed by atoms with E-state index in [2.05, 4.69) is 11.9 Å². The minimum absolute atomic E-state index is 0.275. The van der Waals surface area contributed by atoms with Crippen molar-refractivity contribution in [2.75, 3.05) is 13.1 Å². The Hall–Kier alpha value is -3.15. The molecule has 0 bridgehead atoms. The van der Waals surface area contributed by atoms with Gasteiger partial charge in [0.25, 0.3) is 0 Å². The lowest BCUT2D eigenvalue weighted by molar-refractivity contribution is 0.213. The summed E-state index contributed by atoms with van der Waals surface area (Å²) in [4.78, 5) is 14.0. The maximum Gasteiger partial charge on any atom is 0.322 e. The van der Waals surface area contributed by atoms with Gasteiger partial charge in [-0.15, -0.1) is 0 Å². The predicted octanol–water partition coefficient (Wildman–Crippen LogP) is 4.80. The molecule has 0 atom stereocenters. The zero-order chi connectivity index (χ0) is 20.8. The van der Waals surface area contributed by atoms with Crippen molar-refractivity contribution >= 4 is 11.6 Å². The normalized spacial score (nSPS) is 15.9. The van der Waals surface area contributed by atoms with E-state index < -0.39 is 0 Å². The number of hydrogen-bond acceptors (Lipinski definition) is 2. The number of carbonyl (C=O) groups excluding carboxylic acids is 1. The van der Waals surface area contributed by atoms with Crippen molar-refractivity contribution in [2.45, 2.75) is 20.8 Å². The molecule has 2 amide bonds. The van der Waals surface area contributed by atoms with E-state index in [0.29, 0.717) is 18.8 Å². The van der Waals surface area contributed by atoms with Gasteiger partial charge < -0.3 is 16.0 Å². The summed E-state index contributed by atoms with van der Waals surface area (Å²) in [6.45, 7) is 9.67. The second kappa shape index (κ2) is 9.17. The lowest BCUT2D eigenvalue weighted by atomic mass is 10.1. The molecule has 1 aliphatic rings. The van der Waals surface area contributed by atoms with E-state index in [9.17, 15) is 13.6 Å². The maximum absolute atomic E-state index is 13.1. The van der Waals surface area contributed by atoms with Crippen molar-refractivity contribution in [3.8, 4) is 0 Å². The van der Waals surface area contributed by atoms with Gasteiger partial charge in [-0.2, -0.15) is 0 Å². The molecule has 6 heteroatoms. The molecule has 1 aliphatic heterocycles. The first-order chi connectivity index (χ1) is 13.2. The molecule has 2 rings (SSSR count). The van der Waals surface area contributed by atoms with Gasteiger partial charge in [0.05, 0.1) is 17.2 Å². The lowest BCUT2D eigenvalue weighted by Crippen LogP contribution is -2.39. The van der Waals surface area contributed by atoms with Crippen LogP contribution in [-0.4, -0.2) is 24.0 Å². The fourth-order valence-corrected chi connectivity index (χ4v) is 2.74. The fraction of sp³-hybridized carbons (Fsp3) is 0.227. The first-order valence-corrected chi connectivity index (χ1v) is 8.85. The highest BCUT2D eigenvalue weighted by molar-refractivity contribution is 5.78. The van der Waals surface area contributed by atoms with Crippen LogP contribution in [0.2, 0.25) is 0 Å². The Morgan fingerprint density at radius 1 is 1.21 bits per heavy atom. The number of nitrogens with two attached hydrogens (primary N) is 1. The molecule has 0 aromatic heterocycles. The monoisotopic (exact) mass is 385 g/mol. The Morgan fingerprint density at radius 3 is 2.46 bits per heavy atom. The summed E-state index contributed by atoms with van der Waals surface area (Å²) < 4.78 is 26.1. The molecule has 0 spiro atoms. The molecule has 0 radical (unpaired) electrons. The first kappa shape index (κ1) is 21.2. The zero-order valence-corrected chi connectivity index (χ0v) is 16.4. The zero-order valence-electron chi connectivity index (χ0n) is 16.4. The van der Waals surface area contributed by atoms with Crippen molar-refractivity contribution in [3.63, 3.8) is 0 Å². The molecule has 1 aromatic rings. The van der Waals surface area contributed by atoms with Crippen molar-refractivity contribution in [3.05, 3.63) is 88.8 Å². The van der Waals surface area contributed by atoms with Crippen molar-refractivity contribution in [2.24, 2.45) is 5.73 Å². The van der Waals surface area contributed by atoms with Crippen molar-refractivity contribution < 1.29 is 13.6 Å². The molecule has 1 aromatic carbocycles. The molecule has 0 saturated heterocycles. The van der Waals surface area contributed by atoms with Crippen LogP contribution in [0.3, 0.4) is 0 Å². The summed E-state index contributed by atoms with van der Waals surface area (Å²) in [5, 5.41) is 2.67.